The molecule has 24 heavy (non-hydrogen) atoms. The van der Waals surface area contributed by atoms with Crippen LogP contribution in [0.15, 0.2) is 36.7 Å². The van der Waals surface area contributed by atoms with Crippen LogP contribution in [0.3, 0.4) is 0 Å². The molecular formula is C17H20IN5O. The van der Waals surface area contributed by atoms with Gasteiger partial charge in [0.15, 0.2) is 0 Å². The molecule has 1 aliphatic heterocycles. The molecule has 2 heterocycles. The first-order chi connectivity index (χ1) is 11.7. The first-order valence-electron chi connectivity index (χ1n) is 8.07. The van der Waals surface area contributed by atoms with E-state index in [0.29, 0.717) is 18.7 Å². The van der Waals surface area contributed by atoms with Crippen LogP contribution in [-0.4, -0.2) is 42.1 Å². The van der Waals surface area contributed by atoms with E-state index in [1.54, 1.807) is 6.33 Å². The number of hydrogen-bond acceptors (Lipinski definition) is 5. The van der Waals surface area contributed by atoms with Crippen molar-refractivity contribution in [2.24, 2.45) is 0 Å². The van der Waals surface area contributed by atoms with Gasteiger partial charge in [0.2, 0.25) is 0 Å². The number of amides is 1. The lowest BCUT2D eigenvalue weighted by Crippen LogP contribution is -2.29. The zero-order chi connectivity index (χ0) is 16.8. The Balaban J connectivity index is 1.45. The van der Waals surface area contributed by atoms with Crippen molar-refractivity contribution in [3.63, 3.8) is 0 Å². The van der Waals surface area contributed by atoms with Crippen molar-refractivity contribution in [3.8, 4) is 0 Å². The molecule has 126 valence electrons. The molecule has 1 aliphatic rings. The fourth-order valence-corrected chi connectivity index (χ4v) is 2.99. The lowest BCUT2D eigenvalue weighted by atomic mass is 10.2. The summed E-state index contributed by atoms with van der Waals surface area (Å²) >= 11 is 2.22. The van der Waals surface area contributed by atoms with Gasteiger partial charge in [-0.1, -0.05) is 0 Å². The molecular weight excluding hydrogens is 417 g/mol. The van der Waals surface area contributed by atoms with Gasteiger partial charge in [0.25, 0.3) is 5.91 Å². The van der Waals surface area contributed by atoms with Crippen molar-refractivity contribution in [3.05, 3.63) is 45.8 Å². The second-order valence-electron chi connectivity index (χ2n) is 5.65. The summed E-state index contributed by atoms with van der Waals surface area (Å²) in [5.41, 5.74) is 0.675. The van der Waals surface area contributed by atoms with Crippen molar-refractivity contribution < 1.29 is 4.79 Å². The van der Waals surface area contributed by atoms with E-state index in [4.69, 9.17) is 0 Å². The van der Waals surface area contributed by atoms with Crippen LogP contribution in [0.4, 0.5) is 11.6 Å². The number of aromatic nitrogens is 2. The standard InChI is InChI=1S/C17H20IN5O/c18-14-5-3-13(4-6-14)17(24)20-8-7-19-15-11-16(22-12-21-15)23-9-1-2-10-23/h3-6,11-12H,1-2,7-10H2,(H,20,24)(H,19,21,22). The molecule has 0 saturated carbocycles. The van der Waals surface area contributed by atoms with E-state index < -0.39 is 0 Å². The lowest BCUT2D eigenvalue weighted by Gasteiger charge is -2.16. The van der Waals surface area contributed by atoms with Gasteiger partial charge >= 0.3 is 0 Å². The number of carbonyl (C=O) groups is 1. The molecule has 1 aromatic carbocycles. The summed E-state index contributed by atoms with van der Waals surface area (Å²) in [6.07, 6.45) is 4.02. The number of nitrogens with one attached hydrogen (secondary N) is 2. The first-order valence-corrected chi connectivity index (χ1v) is 9.15. The van der Waals surface area contributed by atoms with E-state index in [1.807, 2.05) is 30.3 Å². The van der Waals surface area contributed by atoms with Crippen molar-refractivity contribution in [2.75, 3.05) is 36.4 Å². The van der Waals surface area contributed by atoms with E-state index in [9.17, 15) is 4.79 Å². The molecule has 0 bridgehead atoms. The maximum atomic E-state index is 12.0. The summed E-state index contributed by atoms with van der Waals surface area (Å²) in [6.45, 7) is 3.27. The van der Waals surface area contributed by atoms with E-state index in [2.05, 4.69) is 48.1 Å². The number of rotatable bonds is 6. The zero-order valence-electron chi connectivity index (χ0n) is 13.3. The maximum absolute atomic E-state index is 12.0. The Morgan fingerprint density at radius 3 is 2.62 bits per heavy atom. The number of halogens is 1. The van der Waals surface area contributed by atoms with Crippen LogP contribution in [0.25, 0.3) is 0 Å². The number of carbonyl (C=O) groups excluding carboxylic acids is 1. The van der Waals surface area contributed by atoms with Crippen molar-refractivity contribution in [1.82, 2.24) is 15.3 Å². The summed E-state index contributed by atoms with van der Waals surface area (Å²) in [4.78, 5) is 22.9. The van der Waals surface area contributed by atoms with Gasteiger partial charge in [0.1, 0.15) is 18.0 Å². The lowest BCUT2D eigenvalue weighted by molar-refractivity contribution is 0.0955. The highest BCUT2D eigenvalue weighted by Gasteiger charge is 2.13. The Hall–Kier alpha value is -1.90. The number of benzene rings is 1. The van der Waals surface area contributed by atoms with E-state index >= 15 is 0 Å². The highest BCUT2D eigenvalue weighted by Crippen LogP contribution is 2.18. The summed E-state index contributed by atoms with van der Waals surface area (Å²) in [5, 5.41) is 6.13. The van der Waals surface area contributed by atoms with E-state index in [1.165, 1.54) is 12.8 Å². The monoisotopic (exact) mass is 437 g/mol. The molecule has 0 radical (unpaired) electrons. The predicted octanol–water partition coefficient (Wildman–Crippen LogP) is 2.52. The quantitative estimate of drug-likeness (QED) is 0.537. The molecule has 1 amide bonds. The zero-order valence-corrected chi connectivity index (χ0v) is 15.5. The van der Waals surface area contributed by atoms with Gasteiger partial charge in [0, 0.05) is 41.4 Å². The van der Waals surface area contributed by atoms with Gasteiger partial charge in [-0.25, -0.2) is 9.97 Å². The van der Waals surface area contributed by atoms with E-state index in [-0.39, 0.29) is 5.91 Å². The second-order valence-corrected chi connectivity index (χ2v) is 6.89. The third-order valence-electron chi connectivity index (χ3n) is 3.91. The normalized spacial score (nSPS) is 13.8. The van der Waals surface area contributed by atoms with Crippen molar-refractivity contribution >= 4 is 40.1 Å². The van der Waals surface area contributed by atoms with Crippen molar-refractivity contribution in [1.29, 1.82) is 0 Å². The van der Waals surface area contributed by atoms with Crippen LogP contribution < -0.4 is 15.5 Å². The Bertz CT molecular complexity index is 686. The number of nitrogens with zero attached hydrogens (tertiary/aromatic N) is 3. The van der Waals surface area contributed by atoms with Crippen LogP contribution in [0, 0.1) is 3.57 Å². The molecule has 7 heteroatoms. The van der Waals surface area contributed by atoms with Gasteiger partial charge in [-0.3, -0.25) is 4.79 Å². The molecule has 0 spiro atoms. The molecule has 2 aromatic rings. The van der Waals surface area contributed by atoms with Crippen LogP contribution in [-0.2, 0) is 0 Å². The molecule has 1 saturated heterocycles. The summed E-state index contributed by atoms with van der Waals surface area (Å²) in [6, 6.07) is 9.48. The Morgan fingerprint density at radius 2 is 1.88 bits per heavy atom. The fraction of sp³-hybridized carbons (Fsp3) is 0.353. The molecule has 1 aromatic heterocycles. The number of anilines is 2. The molecule has 3 rings (SSSR count). The largest absolute Gasteiger partial charge is 0.368 e. The van der Waals surface area contributed by atoms with Gasteiger partial charge in [-0.15, -0.1) is 0 Å². The molecule has 2 N–H and O–H groups in total. The molecule has 1 fully saturated rings. The minimum atomic E-state index is -0.0614. The molecule has 0 unspecified atom stereocenters. The van der Waals surface area contributed by atoms with Gasteiger partial charge in [-0.2, -0.15) is 0 Å². The minimum Gasteiger partial charge on any atom is -0.368 e. The third kappa shape index (κ3) is 4.56. The number of hydrogen-bond donors (Lipinski definition) is 2. The van der Waals surface area contributed by atoms with Crippen LogP contribution in [0.5, 0.6) is 0 Å². The average Bonchev–Trinajstić information content (AvgIpc) is 3.14. The smallest absolute Gasteiger partial charge is 0.251 e. The highest BCUT2D eigenvalue weighted by atomic mass is 127. The average molecular weight is 437 g/mol. The SMILES string of the molecule is O=C(NCCNc1cc(N2CCCC2)ncn1)c1ccc(I)cc1. The van der Waals surface area contributed by atoms with Gasteiger partial charge in [0.05, 0.1) is 0 Å². The fourth-order valence-electron chi connectivity index (χ4n) is 2.63. The predicted molar refractivity (Wildman–Crippen MR) is 103 cm³/mol. The van der Waals surface area contributed by atoms with Gasteiger partial charge < -0.3 is 15.5 Å². The maximum Gasteiger partial charge on any atom is 0.251 e. The third-order valence-corrected chi connectivity index (χ3v) is 4.62. The minimum absolute atomic E-state index is 0.0614. The van der Waals surface area contributed by atoms with Gasteiger partial charge in [-0.05, 0) is 59.7 Å². The summed E-state index contributed by atoms with van der Waals surface area (Å²) in [7, 11) is 0. The van der Waals surface area contributed by atoms with Crippen LogP contribution >= 0.6 is 22.6 Å². The highest BCUT2D eigenvalue weighted by molar-refractivity contribution is 14.1. The topological polar surface area (TPSA) is 70.2 Å². The Labute approximate surface area is 155 Å². The Kier molecular flexibility index (Phi) is 5.84. The van der Waals surface area contributed by atoms with Crippen molar-refractivity contribution in [2.45, 2.75) is 12.8 Å². The second kappa shape index (κ2) is 8.27. The first kappa shape index (κ1) is 16.9. The molecule has 0 aliphatic carbocycles. The molecule has 0 atom stereocenters. The van der Waals surface area contributed by atoms with E-state index in [0.717, 1.165) is 28.3 Å². The Morgan fingerprint density at radius 1 is 1.12 bits per heavy atom. The van der Waals surface area contributed by atoms with Crippen LogP contribution in [0.1, 0.15) is 23.2 Å². The van der Waals surface area contributed by atoms with Crippen LogP contribution in [0.2, 0.25) is 0 Å². The summed E-state index contributed by atoms with van der Waals surface area (Å²) in [5.74, 6) is 1.69. The summed E-state index contributed by atoms with van der Waals surface area (Å²) < 4.78 is 1.11. The molecule has 6 nitrogen and oxygen atoms in total.